The number of rotatable bonds is 4. The van der Waals surface area contributed by atoms with Crippen LogP contribution in [0.3, 0.4) is 0 Å². The summed E-state index contributed by atoms with van der Waals surface area (Å²) in [6.45, 7) is 2.07. The number of aryl methyl sites for hydroxylation is 1. The van der Waals surface area contributed by atoms with Crippen LogP contribution in [0.25, 0.3) is 0 Å². The van der Waals surface area contributed by atoms with E-state index in [4.69, 9.17) is 0 Å². The molecule has 0 radical (unpaired) electrons. The highest BCUT2D eigenvalue weighted by molar-refractivity contribution is 7.15. The predicted octanol–water partition coefficient (Wildman–Crippen LogP) is 4.19. The van der Waals surface area contributed by atoms with Crippen LogP contribution in [0.2, 0.25) is 0 Å². The molecule has 0 N–H and O–H groups in total. The molecule has 2 aromatic carbocycles. The molecule has 0 saturated carbocycles. The van der Waals surface area contributed by atoms with Gasteiger partial charge in [0, 0.05) is 12.6 Å². The van der Waals surface area contributed by atoms with Crippen LogP contribution in [0.5, 0.6) is 0 Å². The lowest BCUT2D eigenvalue weighted by molar-refractivity contribution is 1.00. The summed E-state index contributed by atoms with van der Waals surface area (Å²) in [5, 5.41) is 10.0. The Bertz CT molecular complexity index is 747. The monoisotopic (exact) mass is 293 g/mol. The Labute approximate surface area is 128 Å². The second-order valence-electron chi connectivity index (χ2n) is 4.76. The third-order valence-corrected chi connectivity index (χ3v) is 3.99. The van der Waals surface area contributed by atoms with Crippen LogP contribution in [-0.2, 0) is 6.42 Å². The smallest absolute Gasteiger partial charge is 0.226 e. The molecule has 1 aromatic heterocycles. The maximum atomic E-state index is 4.42. The minimum absolute atomic E-state index is 0.698. The van der Waals surface area contributed by atoms with Crippen molar-refractivity contribution in [3.63, 3.8) is 0 Å². The first kappa shape index (κ1) is 13.6. The van der Waals surface area contributed by atoms with Crippen LogP contribution in [0.1, 0.15) is 21.7 Å². The fraction of sp³-hybridized carbons (Fsp3) is 0.118. The van der Waals surface area contributed by atoms with E-state index in [2.05, 4.69) is 40.3 Å². The predicted molar refractivity (Wildman–Crippen MR) is 87.6 cm³/mol. The zero-order chi connectivity index (χ0) is 14.5. The highest BCUT2D eigenvalue weighted by atomic mass is 32.1. The largest absolute Gasteiger partial charge is 0.231 e. The van der Waals surface area contributed by atoms with Crippen LogP contribution in [0, 0.1) is 6.92 Å². The van der Waals surface area contributed by atoms with Crippen LogP contribution in [0.15, 0.2) is 59.6 Å². The molecule has 21 heavy (non-hydrogen) atoms. The van der Waals surface area contributed by atoms with E-state index in [-0.39, 0.29) is 0 Å². The van der Waals surface area contributed by atoms with Crippen molar-refractivity contribution in [2.24, 2.45) is 4.99 Å². The second kappa shape index (κ2) is 6.41. The van der Waals surface area contributed by atoms with Gasteiger partial charge in [0.25, 0.3) is 0 Å². The average molecular weight is 293 g/mol. The van der Waals surface area contributed by atoms with Crippen molar-refractivity contribution >= 4 is 22.7 Å². The lowest BCUT2D eigenvalue weighted by atomic mass is 10.1. The third-order valence-electron chi connectivity index (χ3n) is 3.16. The highest BCUT2D eigenvalue weighted by Gasteiger charge is 2.03. The summed E-state index contributed by atoms with van der Waals surface area (Å²) in [6, 6.07) is 18.4. The molecule has 3 nitrogen and oxygen atoms in total. The molecule has 3 rings (SSSR count). The third kappa shape index (κ3) is 3.61. The Morgan fingerprint density at radius 3 is 2.57 bits per heavy atom. The minimum atomic E-state index is 0.698. The van der Waals surface area contributed by atoms with Gasteiger partial charge in [0.15, 0.2) is 0 Å². The molecular weight excluding hydrogens is 278 g/mol. The maximum absolute atomic E-state index is 4.42. The van der Waals surface area contributed by atoms with Gasteiger partial charge < -0.3 is 0 Å². The number of hydrogen-bond acceptors (Lipinski definition) is 4. The molecule has 104 valence electrons. The van der Waals surface area contributed by atoms with Crippen molar-refractivity contribution < 1.29 is 0 Å². The first-order valence-corrected chi connectivity index (χ1v) is 7.59. The molecular formula is C17H15N3S. The van der Waals surface area contributed by atoms with Gasteiger partial charge >= 0.3 is 0 Å². The lowest BCUT2D eigenvalue weighted by Crippen LogP contribution is -1.85. The molecule has 0 aliphatic carbocycles. The van der Waals surface area contributed by atoms with Gasteiger partial charge in [-0.3, -0.25) is 0 Å². The molecule has 1 heterocycles. The molecule has 0 spiro atoms. The Hall–Kier alpha value is -2.33. The number of hydrogen-bond donors (Lipinski definition) is 0. The first-order valence-electron chi connectivity index (χ1n) is 6.77. The molecule has 0 atom stereocenters. The summed E-state index contributed by atoms with van der Waals surface area (Å²) in [5.41, 5.74) is 3.55. The molecule has 0 aliphatic rings. The molecule has 3 aromatic rings. The Morgan fingerprint density at radius 1 is 1.00 bits per heavy atom. The zero-order valence-electron chi connectivity index (χ0n) is 11.7. The van der Waals surface area contributed by atoms with Crippen molar-refractivity contribution in [2.75, 3.05) is 0 Å². The van der Waals surface area contributed by atoms with Gasteiger partial charge in [-0.15, -0.1) is 10.2 Å². The van der Waals surface area contributed by atoms with Gasteiger partial charge in [0.05, 0.1) is 0 Å². The Kier molecular flexibility index (Phi) is 4.17. The summed E-state index contributed by atoms with van der Waals surface area (Å²) in [7, 11) is 0. The fourth-order valence-corrected chi connectivity index (χ4v) is 2.71. The van der Waals surface area contributed by atoms with Crippen molar-refractivity contribution in [3.8, 4) is 0 Å². The van der Waals surface area contributed by atoms with Gasteiger partial charge in [-0.25, -0.2) is 4.99 Å². The van der Waals surface area contributed by atoms with Gasteiger partial charge in [-0.05, 0) is 23.6 Å². The van der Waals surface area contributed by atoms with E-state index in [0.717, 1.165) is 17.0 Å². The van der Waals surface area contributed by atoms with E-state index in [1.54, 1.807) is 0 Å². The zero-order valence-corrected chi connectivity index (χ0v) is 12.5. The summed E-state index contributed by atoms with van der Waals surface area (Å²) < 4.78 is 0. The summed E-state index contributed by atoms with van der Waals surface area (Å²) in [6.07, 6.45) is 2.65. The number of aromatic nitrogens is 2. The van der Waals surface area contributed by atoms with E-state index >= 15 is 0 Å². The van der Waals surface area contributed by atoms with Crippen LogP contribution in [0.4, 0.5) is 5.13 Å². The van der Waals surface area contributed by atoms with Crippen LogP contribution < -0.4 is 0 Å². The number of benzene rings is 2. The van der Waals surface area contributed by atoms with E-state index in [9.17, 15) is 0 Å². The fourth-order valence-electron chi connectivity index (χ4n) is 2.00. The standard InChI is InChI=1S/C17H15N3S/c1-13-7-5-6-10-15(13)12-18-17-20-19-16(21-17)11-14-8-3-2-4-9-14/h2-10,12H,11H2,1H3. The van der Waals surface area contributed by atoms with Gasteiger partial charge in [-0.1, -0.05) is 65.9 Å². The minimum Gasteiger partial charge on any atom is -0.226 e. The lowest BCUT2D eigenvalue weighted by Gasteiger charge is -1.96. The van der Waals surface area contributed by atoms with E-state index in [1.165, 1.54) is 22.5 Å². The van der Waals surface area contributed by atoms with E-state index in [0.29, 0.717) is 5.13 Å². The van der Waals surface area contributed by atoms with Gasteiger partial charge in [-0.2, -0.15) is 0 Å². The van der Waals surface area contributed by atoms with Crippen molar-refractivity contribution in [1.29, 1.82) is 0 Å². The topological polar surface area (TPSA) is 38.1 Å². The van der Waals surface area contributed by atoms with Gasteiger partial charge in [0.1, 0.15) is 5.01 Å². The average Bonchev–Trinajstić information content (AvgIpc) is 2.95. The molecule has 0 bridgehead atoms. The first-order chi connectivity index (χ1) is 10.3. The SMILES string of the molecule is Cc1ccccc1C=Nc1nnc(Cc2ccccc2)s1. The van der Waals surface area contributed by atoms with Crippen molar-refractivity contribution in [3.05, 3.63) is 76.3 Å². The molecule has 0 amide bonds. The molecule has 0 saturated heterocycles. The quantitative estimate of drug-likeness (QED) is 0.677. The van der Waals surface area contributed by atoms with Crippen LogP contribution in [-0.4, -0.2) is 16.4 Å². The summed E-state index contributed by atoms with van der Waals surface area (Å²) >= 11 is 1.53. The van der Waals surface area contributed by atoms with E-state index in [1.807, 2.05) is 42.6 Å². The number of aliphatic imine (C=N–C) groups is 1. The Balaban J connectivity index is 1.72. The summed E-state index contributed by atoms with van der Waals surface area (Å²) in [4.78, 5) is 4.42. The van der Waals surface area contributed by atoms with E-state index < -0.39 is 0 Å². The molecule has 0 aliphatic heterocycles. The maximum Gasteiger partial charge on any atom is 0.231 e. The summed E-state index contributed by atoms with van der Waals surface area (Å²) in [5.74, 6) is 0. The highest BCUT2D eigenvalue weighted by Crippen LogP contribution is 2.21. The molecule has 0 fully saturated rings. The normalized spacial score (nSPS) is 11.1. The van der Waals surface area contributed by atoms with Gasteiger partial charge in [0.2, 0.25) is 5.13 Å². The number of nitrogens with zero attached hydrogens (tertiary/aromatic N) is 3. The molecule has 4 heteroatoms. The molecule has 0 unspecified atom stereocenters. The Morgan fingerprint density at radius 2 is 1.76 bits per heavy atom. The van der Waals surface area contributed by atoms with Crippen LogP contribution >= 0.6 is 11.3 Å². The van der Waals surface area contributed by atoms with Crippen molar-refractivity contribution in [2.45, 2.75) is 13.3 Å². The van der Waals surface area contributed by atoms with Crippen molar-refractivity contribution in [1.82, 2.24) is 10.2 Å². The second-order valence-corrected chi connectivity index (χ2v) is 5.80.